The van der Waals surface area contributed by atoms with Crippen molar-refractivity contribution >= 4 is 12.0 Å². The van der Waals surface area contributed by atoms with Gasteiger partial charge >= 0.3 is 0 Å². The van der Waals surface area contributed by atoms with Crippen molar-refractivity contribution in [2.75, 3.05) is 38.7 Å². The summed E-state index contributed by atoms with van der Waals surface area (Å²) >= 11 is 0. The molecule has 0 aliphatic carbocycles. The van der Waals surface area contributed by atoms with Crippen LogP contribution < -0.4 is 9.64 Å². The Kier molecular flexibility index (Phi) is 3.66. The first kappa shape index (κ1) is 13.4. The highest BCUT2D eigenvalue weighted by atomic mass is 16.5. The summed E-state index contributed by atoms with van der Waals surface area (Å²) in [6.07, 6.45) is 3.27. The fourth-order valence-corrected chi connectivity index (χ4v) is 3.48. The second-order valence-corrected chi connectivity index (χ2v) is 5.85. The van der Waals surface area contributed by atoms with Crippen molar-refractivity contribution in [1.29, 1.82) is 0 Å². The van der Waals surface area contributed by atoms with E-state index in [1.807, 2.05) is 6.07 Å². The normalized spacial score (nSPS) is 26.4. The molecule has 2 aliphatic heterocycles. The van der Waals surface area contributed by atoms with Crippen LogP contribution in [0, 0.1) is 5.92 Å². The molecule has 1 saturated heterocycles. The van der Waals surface area contributed by atoms with Crippen LogP contribution in [0.4, 0.5) is 5.69 Å². The number of carbonyl (C=O) groups is 1. The molecule has 1 aromatic carbocycles. The molecule has 1 fully saturated rings. The van der Waals surface area contributed by atoms with Crippen LogP contribution in [0.1, 0.15) is 24.4 Å². The lowest BCUT2D eigenvalue weighted by molar-refractivity contribution is -0.112. The zero-order chi connectivity index (χ0) is 14.1. The average Bonchev–Trinajstić information content (AvgIpc) is 2.84. The van der Waals surface area contributed by atoms with Crippen molar-refractivity contribution in [3.8, 4) is 5.75 Å². The van der Waals surface area contributed by atoms with E-state index in [1.165, 1.54) is 11.3 Å². The molecule has 20 heavy (non-hydrogen) atoms. The van der Waals surface area contributed by atoms with Crippen LogP contribution in [0.5, 0.6) is 5.75 Å². The molecule has 2 heterocycles. The lowest BCUT2D eigenvalue weighted by atomic mass is 9.96. The fourth-order valence-electron chi connectivity index (χ4n) is 3.48. The van der Waals surface area contributed by atoms with Gasteiger partial charge in [-0.1, -0.05) is 0 Å². The molecular formula is C16H22N2O2. The summed E-state index contributed by atoms with van der Waals surface area (Å²) in [4.78, 5) is 15.8. The maximum absolute atomic E-state index is 11.1. The number of fused-ring (bicyclic) bond motifs is 1. The quantitative estimate of drug-likeness (QED) is 0.790. The molecule has 0 aromatic heterocycles. The maximum Gasteiger partial charge on any atom is 0.124 e. The molecule has 2 unspecified atom stereocenters. The summed E-state index contributed by atoms with van der Waals surface area (Å²) in [5.74, 6) is 1.11. The Hall–Kier alpha value is -1.55. The zero-order valence-corrected chi connectivity index (χ0v) is 12.2. The van der Waals surface area contributed by atoms with E-state index in [1.54, 1.807) is 7.11 Å². The number of anilines is 1. The number of piperidine rings is 1. The van der Waals surface area contributed by atoms with Gasteiger partial charge in [-0.3, -0.25) is 4.90 Å². The largest absolute Gasteiger partial charge is 0.497 e. The Morgan fingerprint density at radius 3 is 2.95 bits per heavy atom. The number of ether oxygens (including phenoxy) is 1. The van der Waals surface area contributed by atoms with Crippen LogP contribution in [-0.2, 0) is 4.79 Å². The van der Waals surface area contributed by atoms with E-state index in [0.29, 0.717) is 6.04 Å². The number of aldehydes is 1. The fraction of sp³-hybridized carbons (Fsp3) is 0.562. The van der Waals surface area contributed by atoms with Crippen LogP contribution in [-0.4, -0.2) is 45.0 Å². The minimum atomic E-state index is 0.198. The molecule has 0 amide bonds. The van der Waals surface area contributed by atoms with Crippen LogP contribution in [0.3, 0.4) is 0 Å². The third kappa shape index (κ3) is 2.29. The Morgan fingerprint density at radius 1 is 1.35 bits per heavy atom. The van der Waals surface area contributed by atoms with Gasteiger partial charge in [0.05, 0.1) is 13.2 Å². The molecule has 0 radical (unpaired) electrons. The molecule has 3 rings (SSSR count). The first-order chi connectivity index (χ1) is 9.72. The maximum atomic E-state index is 11.1. The number of benzene rings is 1. The Bertz CT molecular complexity index is 503. The van der Waals surface area contributed by atoms with E-state index < -0.39 is 0 Å². The molecule has 0 spiro atoms. The third-order valence-corrected chi connectivity index (χ3v) is 4.57. The number of nitrogens with zero attached hydrogens (tertiary/aromatic N) is 2. The molecule has 4 heteroatoms. The van der Waals surface area contributed by atoms with E-state index in [-0.39, 0.29) is 5.92 Å². The van der Waals surface area contributed by atoms with Crippen molar-refractivity contribution < 1.29 is 9.53 Å². The van der Waals surface area contributed by atoms with Gasteiger partial charge in [0.15, 0.2) is 0 Å². The van der Waals surface area contributed by atoms with Crippen LogP contribution >= 0.6 is 0 Å². The van der Waals surface area contributed by atoms with Crippen LogP contribution in [0.2, 0.25) is 0 Å². The smallest absolute Gasteiger partial charge is 0.124 e. The lowest BCUT2D eigenvalue weighted by Gasteiger charge is -2.35. The summed E-state index contributed by atoms with van der Waals surface area (Å²) in [5, 5.41) is 0. The molecule has 0 N–H and O–H groups in total. The highest BCUT2D eigenvalue weighted by Gasteiger charge is 2.34. The molecule has 2 aliphatic rings. The number of rotatable bonds is 3. The molecule has 0 saturated carbocycles. The van der Waals surface area contributed by atoms with Gasteiger partial charge in [-0.25, -0.2) is 0 Å². The molecule has 0 bridgehead atoms. The lowest BCUT2D eigenvalue weighted by Crippen LogP contribution is -2.40. The first-order valence-electron chi connectivity index (χ1n) is 7.31. The van der Waals surface area contributed by atoms with Gasteiger partial charge in [0.1, 0.15) is 12.0 Å². The number of hydrogen-bond acceptors (Lipinski definition) is 4. The van der Waals surface area contributed by atoms with Crippen molar-refractivity contribution in [2.24, 2.45) is 5.92 Å². The predicted octanol–water partition coefficient (Wildman–Crippen LogP) is 2.10. The molecule has 4 nitrogen and oxygen atoms in total. The third-order valence-electron chi connectivity index (χ3n) is 4.57. The molecule has 1 aromatic rings. The van der Waals surface area contributed by atoms with Gasteiger partial charge in [-0.15, -0.1) is 0 Å². The summed E-state index contributed by atoms with van der Waals surface area (Å²) < 4.78 is 5.36. The van der Waals surface area contributed by atoms with E-state index >= 15 is 0 Å². The number of likely N-dealkylation sites (N-methyl/N-ethyl adjacent to an activating group) is 1. The Balaban J connectivity index is 1.87. The van der Waals surface area contributed by atoms with Crippen molar-refractivity contribution in [3.63, 3.8) is 0 Å². The van der Waals surface area contributed by atoms with Gasteiger partial charge in [0, 0.05) is 31.7 Å². The first-order valence-corrected chi connectivity index (χ1v) is 7.31. The summed E-state index contributed by atoms with van der Waals surface area (Å²) in [7, 11) is 3.84. The van der Waals surface area contributed by atoms with Gasteiger partial charge < -0.3 is 14.4 Å². The Morgan fingerprint density at radius 2 is 2.20 bits per heavy atom. The van der Waals surface area contributed by atoms with Gasteiger partial charge in [-0.05, 0) is 43.1 Å². The minimum Gasteiger partial charge on any atom is -0.497 e. The zero-order valence-electron chi connectivity index (χ0n) is 12.2. The topological polar surface area (TPSA) is 32.8 Å². The molecular weight excluding hydrogens is 252 g/mol. The second-order valence-electron chi connectivity index (χ2n) is 5.85. The van der Waals surface area contributed by atoms with Gasteiger partial charge in [0.25, 0.3) is 0 Å². The SMILES string of the molecule is COc1ccc2c(c1)C(N1CCCC(C=O)C1)CN2C. The molecule has 2 atom stereocenters. The van der Waals surface area contributed by atoms with Crippen molar-refractivity contribution in [3.05, 3.63) is 23.8 Å². The van der Waals surface area contributed by atoms with E-state index in [4.69, 9.17) is 4.74 Å². The van der Waals surface area contributed by atoms with E-state index in [2.05, 4.69) is 29.0 Å². The highest BCUT2D eigenvalue weighted by Crippen LogP contribution is 2.40. The average molecular weight is 274 g/mol. The van der Waals surface area contributed by atoms with E-state index in [0.717, 1.165) is 44.5 Å². The van der Waals surface area contributed by atoms with E-state index in [9.17, 15) is 4.79 Å². The summed E-state index contributed by atoms with van der Waals surface area (Å²) in [6, 6.07) is 6.68. The molecule has 108 valence electrons. The van der Waals surface area contributed by atoms with Gasteiger partial charge in [0.2, 0.25) is 0 Å². The number of methoxy groups -OCH3 is 1. The van der Waals surface area contributed by atoms with Crippen LogP contribution in [0.15, 0.2) is 18.2 Å². The highest BCUT2D eigenvalue weighted by molar-refractivity contribution is 5.62. The number of likely N-dealkylation sites (tertiary alicyclic amines) is 1. The standard InChI is InChI=1S/C16H22N2O2/c1-17-10-16(18-7-3-4-12(9-18)11-19)14-8-13(20-2)5-6-15(14)17/h5-6,8,11-12,16H,3-4,7,9-10H2,1-2H3. The monoisotopic (exact) mass is 274 g/mol. The van der Waals surface area contributed by atoms with Crippen molar-refractivity contribution in [1.82, 2.24) is 4.90 Å². The van der Waals surface area contributed by atoms with Crippen molar-refractivity contribution in [2.45, 2.75) is 18.9 Å². The van der Waals surface area contributed by atoms with Crippen LogP contribution in [0.25, 0.3) is 0 Å². The summed E-state index contributed by atoms with van der Waals surface area (Å²) in [5.41, 5.74) is 2.61. The van der Waals surface area contributed by atoms with Gasteiger partial charge in [-0.2, -0.15) is 0 Å². The Labute approximate surface area is 120 Å². The second kappa shape index (κ2) is 5.44. The minimum absolute atomic E-state index is 0.198. The number of hydrogen-bond donors (Lipinski definition) is 0. The number of carbonyl (C=O) groups excluding carboxylic acids is 1. The summed E-state index contributed by atoms with van der Waals surface area (Å²) in [6.45, 7) is 2.96. The predicted molar refractivity (Wildman–Crippen MR) is 79.4 cm³/mol.